The Morgan fingerprint density at radius 1 is 1.50 bits per heavy atom. The van der Waals surface area contributed by atoms with Crippen molar-refractivity contribution < 1.29 is 4.74 Å². The van der Waals surface area contributed by atoms with Crippen LogP contribution in [0, 0.1) is 18.3 Å². The molecule has 1 aromatic carbocycles. The average Bonchev–Trinajstić information content (AvgIpc) is 2.20. The molecule has 1 unspecified atom stereocenters. The van der Waals surface area contributed by atoms with E-state index in [2.05, 4.69) is 22.0 Å². The molecule has 0 bridgehead atoms. The summed E-state index contributed by atoms with van der Waals surface area (Å²) in [5, 5.41) is 8.81. The van der Waals surface area contributed by atoms with Crippen LogP contribution in [0.2, 0.25) is 0 Å². The number of nitrogens with zero attached hydrogens (tertiary/aromatic N) is 1. The summed E-state index contributed by atoms with van der Waals surface area (Å²) >= 11 is 3.44. The zero-order valence-corrected chi connectivity index (χ0v) is 10.1. The van der Waals surface area contributed by atoms with Crippen LogP contribution in [0.4, 0.5) is 0 Å². The second-order valence-corrected chi connectivity index (χ2v) is 4.00. The predicted octanol–water partition coefficient (Wildman–Crippen LogP) is 3.39. The van der Waals surface area contributed by atoms with E-state index in [0.29, 0.717) is 0 Å². The molecule has 0 saturated carbocycles. The van der Waals surface area contributed by atoms with Crippen LogP contribution < -0.4 is 4.74 Å². The van der Waals surface area contributed by atoms with Crippen molar-refractivity contribution >= 4 is 15.9 Å². The fourth-order valence-electron chi connectivity index (χ4n) is 1.24. The second-order valence-electron chi connectivity index (χ2n) is 3.20. The highest BCUT2D eigenvalue weighted by molar-refractivity contribution is 9.10. The molecule has 1 rings (SSSR count). The maximum absolute atomic E-state index is 8.81. The number of hydrogen-bond acceptors (Lipinski definition) is 2. The molecule has 0 radical (unpaired) electrons. The summed E-state index contributed by atoms with van der Waals surface area (Å²) in [6, 6.07) is 6.10. The molecular weight excluding hydrogens is 242 g/mol. The van der Waals surface area contributed by atoms with Gasteiger partial charge < -0.3 is 4.74 Å². The maximum Gasteiger partial charge on any atom is 0.133 e. The molecule has 0 aliphatic carbocycles. The Morgan fingerprint density at radius 2 is 2.14 bits per heavy atom. The van der Waals surface area contributed by atoms with Gasteiger partial charge in [-0.2, -0.15) is 5.26 Å². The minimum atomic E-state index is -0.101. The Balaban J connectivity index is 3.24. The molecule has 1 aromatic rings. The molecule has 0 spiro atoms. The smallest absolute Gasteiger partial charge is 0.133 e. The van der Waals surface area contributed by atoms with Gasteiger partial charge in [-0.05, 0) is 47.0 Å². The molecule has 2 nitrogen and oxygen atoms in total. The number of aryl methyl sites for hydroxylation is 1. The van der Waals surface area contributed by atoms with Gasteiger partial charge in [0.05, 0.1) is 23.6 Å². The van der Waals surface area contributed by atoms with Gasteiger partial charge in [0.2, 0.25) is 0 Å². The first-order valence-electron chi connectivity index (χ1n) is 4.33. The quantitative estimate of drug-likeness (QED) is 0.810. The van der Waals surface area contributed by atoms with Gasteiger partial charge in [-0.25, -0.2) is 0 Å². The van der Waals surface area contributed by atoms with Gasteiger partial charge in [0.15, 0.2) is 0 Å². The third-order valence-electron chi connectivity index (χ3n) is 2.16. The Hall–Kier alpha value is -1.01. The topological polar surface area (TPSA) is 33.0 Å². The molecule has 3 heteroatoms. The van der Waals surface area contributed by atoms with Gasteiger partial charge in [-0.1, -0.05) is 6.07 Å². The van der Waals surface area contributed by atoms with E-state index in [1.807, 2.05) is 26.0 Å². The normalized spacial score (nSPS) is 11.9. The summed E-state index contributed by atoms with van der Waals surface area (Å²) in [6.07, 6.45) is 0. The Kier molecular flexibility index (Phi) is 3.54. The zero-order valence-electron chi connectivity index (χ0n) is 8.47. The Labute approximate surface area is 92.6 Å². The molecule has 0 fully saturated rings. The van der Waals surface area contributed by atoms with Crippen LogP contribution in [0.5, 0.6) is 5.75 Å². The summed E-state index contributed by atoms with van der Waals surface area (Å²) in [6.45, 7) is 3.86. The zero-order chi connectivity index (χ0) is 10.7. The number of hydrogen-bond donors (Lipinski definition) is 0. The van der Waals surface area contributed by atoms with Crippen molar-refractivity contribution in [1.82, 2.24) is 0 Å². The summed E-state index contributed by atoms with van der Waals surface area (Å²) in [4.78, 5) is 0. The van der Waals surface area contributed by atoms with E-state index >= 15 is 0 Å². The molecule has 0 aliphatic heterocycles. The molecule has 0 N–H and O–H groups in total. The first-order chi connectivity index (χ1) is 6.60. The fourth-order valence-corrected chi connectivity index (χ4v) is 1.63. The van der Waals surface area contributed by atoms with E-state index in [1.54, 1.807) is 7.11 Å². The minimum Gasteiger partial charge on any atom is -0.496 e. The van der Waals surface area contributed by atoms with Gasteiger partial charge in [-0.15, -0.1) is 0 Å². The fraction of sp³-hybridized carbons (Fsp3) is 0.364. The first kappa shape index (κ1) is 11.1. The summed E-state index contributed by atoms with van der Waals surface area (Å²) in [5.41, 5.74) is 2.08. The highest BCUT2D eigenvalue weighted by Crippen LogP contribution is 2.32. The van der Waals surface area contributed by atoms with Crippen molar-refractivity contribution in [2.75, 3.05) is 7.11 Å². The van der Waals surface area contributed by atoms with Crippen LogP contribution in [-0.4, -0.2) is 7.11 Å². The van der Waals surface area contributed by atoms with Crippen LogP contribution >= 0.6 is 15.9 Å². The summed E-state index contributed by atoms with van der Waals surface area (Å²) in [7, 11) is 1.63. The molecule has 1 atom stereocenters. The van der Waals surface area contributed by atoms with Crippen molar-refractivity contribution in [1.29, 1.82) is 5.26 Å². The lowest BCUT2D eigenvalue weighted by atomic mass is 10.0. The van der Waals surface area contributed by atoms with E-state index in [1.165, 1.54) is 0 Å². The van der Waals surface area contributed by atoms with Crippen LogP contribution in [0.15, 0.2) is 16.6 Å². The van der Waals surface area contributed by atoms with Crippen molar-refractivity contribution in [3.05, 3.63) is 27.7 Å². The lowest BCUT2D eigenvalue weighted by molar-refractivity contribution is 0.411. The SMILES string of the molecule is COc1cc(C(C)C#N)cc(C)c1Br. The van der Waals surface area contributed by atoms with Gasteiger partial charge in [-0.3, -0.25) is 0 Å². The van der Waals surface area contributed by atoms with E-state index in [4.69, 9.17) is 10.00 Å². The van der Waals surface area contributed by atoms with Crippen LogP contribution in [0.3, 0.4) is 0 Å². The first-order valence-corrected chi connectivity index (χ1v) is 5.13. The molecule has 0 amide bonds. The standard InChI is InChI=1S/C11H12BrNO/c1-7-4-9(8(2)6-13)5-10(14-3)11(7)12/h4-5,8H,1-3H3. The van der Waals surface area contributed by atoms with Crippen LogP contribution in [0.25, 0.3) is 0 Å². The molecule has 14 heavy (non-hydrogen) atoms. The summed E-state index contributed by atoms with van der Waals surface area (Å²) < 4.78 is 6.16. The number of methoxy groups -OCH3 is 1. The summed E-state index contributed by atoms with van der Waals surface area (Å²) in [5.74, 6) is 0.679. The molecular formula is C11H12BrNO. The van der Waals surface area contributed by atoms with Crippen LogP contribution in [-0.2, 0) is 0 Å². The Bertz CT molecular complexity index is 382. The van der Waals surface area contributed by atoms with Crippen molar-refractivity contribution in [3.8, 4) is 11.8 Å². The molecule has 0 heterocycles. The lowest BCUT2D eigenvalue weighted by Crippen LogP contribution is -1.94. The number of benzene rings is 1. The average molecular weight is 254 g/mol. The van der Waals surface area contributed by atoms with Crippen molar-refractivity contribution in [2.45, 2.75) is 19.8 Å². The number of halogens is 1. The third kappa shape index (κ3) is 2.08. The largest absolute Gasteiger partial charge is 0.496 e. The molecule has 0 aromatic heterocycles. The second kappa shape index (κ2) is 4.47. The van der Waals surface area contributed by atoms with E-state index in [-0.39, 0.29) is 5.92 Å². The number of rotatable bonds is 2. The van der Waals surface area contributed by atoms with Crippen LogP contribution in [0.1, 0.15) is 24.0 Å². The lowest BCUT2D eigenvalue weighted by Gasteiger charge is -2.10. The monoisotopic (exact) mass is 253 g/mol. The highest BCUT2D eigenvalue weighted by Gasteiger charge is 2.10. The van der Waals surface area contributed by atoms with E-state index in [0.717, 1.165) is 21.3 Å². The third-order valence-corrected chi connectivity index (χ3v) is 3.17. The maximum atomic E-state index is 8.81. The van der Waals surface area contributed by atoms with Gasteiger partial charge in [0, 0.05) is 0 Å². The molecule has 0 aliphatic rings. The predicted molar refractivity (Wildman–Crippen MR) is 59.5 cm³/mol. The van der Waals surface area contributed by atoms with Gasteiger partial charge >= 0.3 is 0 Å². The highest BCUT2D eigenvalue weighted by atomic mass is 79.9. The van der Waals surface area contributed by atoms with E-state index in [9.17, 15) is 0 Å². The van der Waals surface area contributed by atoms with Crippen molar-refractivity contribution in [3.63, 3.8) is 0 Å². The molecule has 0 saturated heterocycles. The van der Waals surface area contributed by atoms with Gasteiger partial charge in [0.1, 0.15) is 5.75 Å². The van der Waals surface area contributed by atoms with Crippen molar-refractivity contribution in [2.24, 2.45) is 0 Å². The van der Waals surface area contributed by atoms with E-state index < -0.39 is 0 Å². The number of ether oxygens (including phenoxy) is 1. The molecule has 74 valence electrons. The number of nitriles is 1. The minimum absolute atomic E-state index is 0.101. The Morgan fingerprint density at radius 3 is 2.64 bits per heavy atom. The van der Waals surface area contributed by atoms with Gasteiger partial charge in [0.25, 0.3) is 0 Å².